The maximum atomic E-state index is 12.3. The summed E-state index contributed by atoms with van der Waals surface area (Å²) in [6.07, 6.45) is 4.24. The molecule has 2 aromatic heterocycles. The Kier molecular flexibility index (Phi) is 5.38. The van der Waals surface area contributed by atoms with Crippen LogP contribution in [0.25, 0.3) is 10.2 Å². The Morgan fingerprint density at radius 1 is 1.15 bits per heavy atom. The number of rotatable bonds is 5. The van der Waals surface area contributed by atoms with E-state index in [-0.39, 0.29) is 24.2 Å². The number of benzene rings is 1. The molecular weight excluding hydrogens is 404 g/mol. The predicted octanol–water partition coefficient (Wildman–Crippen LogP) is 4.72. The van der Waals surface area contributed by atoms with Crippen molar-refractivity contribution < 1.29 is 9.59 Å². The van der Waals surface area contributed by atoms with Gasteiger partial charge in [-0.15, -0.1) is 11.3 Å². The Morgan fingerprint density at radius 2 is 1.96 bits per heavy atom. The number of amides is 2. The molecule has 0 radical (unpaired) electrons. The minimum Gasteiger partial charge on any atom is -0.302 e. The molecule has 1 aliphatic rings. The molecule has 0 aliphatic heterocycles. The maximum Gasteiger partial charge on any atom is 0.232 e. The predicted molar refractivity (Wildman–Crippen MR) is 110 cm³/mol. The molecule has 2 N–H and O–H groups in total. The summed E-state index contributed by atoms with van der Waals surface area (Å²) < 4.78 is 0.920. The van der Waals surface area contributed by atoms with Crippen molar-refractivity contribution in [2.45, 2.75) is 32.1 Å². The summed E-state index contributed by atoms with van der Waals surface area (Å²) in [4.78, 5) is 33.2. The smallest absolute Gasteiger partial charge is 0.232 e. The Morgan fingerprint density at radius 3 is 2.78 bits per heavy atom. The molecule has 9 heteroatoms. The van der Waals surface area contributed by atoms with Gasteiger partial charge in [0.25, 0.3) is 0 Å². The van der Waals surface area contributed by atoms with E-state index in [1.54, 1.807) is 11.4 Å². The van der Waals surface area contributed by atoms with Gasteiger partial charge >= 0.3 is 0 Å². The monoisotopic (exact) mass is 420 g/mol. The number of carbonyl (C=O) groups excluding carboxylic acids is 2. The number of carbonyl (C=O) groups is 2. The fraction of sp³-hybridized carbons (Fsp3) is 0.333. The second kappa shape index (κ2) is 7.92. The zero-order valence-corrected chi connectivity index (χ0v) is 16.7. The van der Waals surface area contributed by atoms with Gasteiger partial charge in [-0.1, -0.05) is 35.8 Å². The molecule has 2 amide bonds. The first-order valence-corrected chi connectivity index (χ1v) is 10.8. The Labute approximate surface area is 169 Å². The van der Waals surface area contributed by atoms with E-state index in [0.29, 0.717) is 21.0 Å². The lowest BCUT2D eigenvalue weighted by Gasteiger charge is -2.07. The number of thiazole rings is 2. The van der Waals surface area contributed by atoms with Crippen molar-refractivity contribution in [1.82, 2.24) is 9.97 Å². The second-order valence-corrected chi connectivity index (χ2v) is 8.80. The Hall–Kier alpha value is -2.03. The highest BCUT2D eigenvalue weighted by Gasteiger charge is 2.23. The molecule has 27 heavy (non-hydrogen) atoms. The van der Waals surface area contributed by atoms with Crippen LogP contribution in [0.3, 0.4) is 0 Å². The van der Waals surface area contributed by atoms with Gasteiger partial charge in [-0.25, -0.2) is 9.97 Å². The van der Waals surface area contributed by atoms with Crippen LogP contribution in [-0.2, 0) is 16.0 Å². The van der Waals surface area contributed by atoms with E-state index < -0.39 is 0 Å². The molecule has 1 aliphatic carbocycles. The minimum absolute atomic E-state index is 0.0333. The van der Waals surface area contributed by atoms with Crippen LogP contribution in [-0.4, -0.2) is 21.8 Å². The summed E-state index contributed by atoms with van der Waals surface area (Å²) in [5.74, 6) is -0.0710. The number of nitrogens with zero attached hydrogens (tertiary/aromatic N) is 2. The number of hydrogen-bond acceptors (Lipinski definition) is 6. The molecular formula is C18H17ClN4O2S2. The van der Waals surface area contributed by atoms with Crippen molar-refractivity contribution in [3.63, 3.8) is 0 Å². The largest absolute Gasteiger partial charge is 0.302 e. The van der Waals surface area contributed by atoms with Crippen molar-refractivity contribution in [2.75, 3.05) is 10.6 Å². The van der Waals surface area contributed by atoms with Crippen LogP contribution in [0.15, 0.2) is 23.6 Å². The third kappa shape index (κ3) is 4.45. The van der Waals surface area contributed by atoms with E-state index in [2.05, 4.69) is 20.6 Å². The Bertz CT molecular complexity index is 994. The van der Waals surface area contributed by atoms with Crippen LogP contribution in [0.1, 0.15) is 31.4 Å². The van der Waals surface area contributed by atoms with Gasteiger partial charge < -0.3 is 10.6 Å². The fourth-order valence-corrected chi connectivity index (χ4v) is 4.99. The van der Waals surface area contributed by atoms with Gasteiger partial charge in [-0.2, -0.15) is 0 Å². The van der Waals surface area contributed by atoms with Crippen molar-refractivity contribution in [3.8, 4) is 0 Å². The zero-order valence-electron chi connectivity index (χ0n) is 14.3. The molecule has 2 heterocycles. The highest BCUT2D eigenvalue weighted by Crippen LogP contribution is 2.29. The summed E-state index contributed by atoms with van der Waals surface area (Å²) in [5.41, 5.74) is 1.42. The number of nitrogens with one attached hydrogen (secondary N) is 2. The normalized spacial score (nSPS) is 14.6. The highest BCUT2D eigenvalue weighted by molar-refractivity contribution is 7.22. The number of hydrogen-bond donors (Lipinski definition) is 2. The van der Waals surface area contributed by atoms with Crippen LogP contribution >= 0.6 is 34.3 Å². The van der Waals surface area contributed by atoms with Crippen LogP contribution in [0, 0.1) is 5.92 Å². The van der Waals surface area contributed by atoms with Crippen molar-refractivity contribution >= 4 is 66.6 Å². The highest BCUT2D eigenvalue weighted by atomic mass is 35.5. The van der Waals surface area contributed by atoms with Crippen LogP contribution in [0.4, 0.5) is 10.3 Å². The standard InChI is InChI=1S/C18H17ClN4O2S2/c19-11-5-6-13-14(7-11)27-18(21-13)22-15(24)8-12-9-26-17(20-12)23-16(25)10-3-1-2-4-10/h5-7,9-10H,1-4,8H2,(H,20,23,25)(H,21,22,24). The number of halogens is 1. The lowest BCUT2D eigenvalue weighted by molar-refractivity contribution is -0.119. The zero-order chi connectivity index (χ0) is 18.8. The first-order chi connectivity index (χ1) is 13.1. The fourth-order valence-electron chi connectivity index (χ4n) is 3.12. The molecule has 0 spiro atoms. The van der Waals surface area contributed by atoms with E-state index in [0.717, 1.165) is 35.9 Å². The summed E-state index contributed by atoms with van der Waals surface area (Å²) in [5, 5.41) is 9.17. The summed E-state index contributed by atoms with van der Waals surface area (Å²) in [6.45, 7) is 0. The van der Waals surface area contributed by atoms with Gasteiger partial charge in [-0.3, -0.25) is 9.59 Å². The third-order valence-electron chi connectivity index (χ3n) is 4.45. The van der Waals surface area contributed by atoms with E-state index in [9.17, 15) is 9.59 Å². The number of anilines is 2. The molecule has 0 unspecified atom stereocenters. The first kappa shape index (κ1) is 18.3. The van der Waals surface area contributed by atoms with Gasteiger partial charge in [0.05, 0.1) is 22.3 Å². The van der Waals surface area contributed by atoms with E-state index >= 15 is 0 Å². The molecule has 1 saturated carbocycles. The van der Waals surface area contributed by atoms with Crippen molar-refractivity contribution in [1.29, 1.82) is 0 Å². The van der Waals surface area contributed by atoms with Gasteiger partial charge in [0.15, 0.2) is 10.3 Å². The average Bonchev–Trinajstić information content (AvgIpc) is 3.35. The topological polar surface area (TPSA) is 84.0 Å². The lowest BCUT2D eigenvalue weighted by atomic mass is 10.1. The van der Waals surface area contributed by atoms with Gasteiger partial charge in [0.2, 0.25) is 11.8 Å². The number of aromatic nitrogens is 2. The summed E-state index contributed by atoms with van der Waals surface area (Å²) >= 11 is 8.69. The van der Waals surface area contributed by atoms with Crippen molar-refractivity contribution in [2.24, 2.45) is 5.92 Å². The van der Waals surface area contributed by atoms with E-state index in [1.165, 1.54) is 22.7 Å². The van der Waals surface area contributed by atoms with Crippen LogP contribution in [0.2, 0.25) is 5.02 Å². The minimum atomic E-state index is -0.195. The lowest BCUT2D eigenvalue weighted by Crippen LogP contribution is -2.20. The van der Waals surface area contributed by atoms with E-state index in [4.69, 9.17) is 11.6 Å². The van der Waals surface area contributed by atoms with Gasteiger partial charge in [0.1, 0.15) is 0 Å². The van der Waals surface area contributed by atoms with Crippen LogP contribution in [0.5, 0.6) is 0 Å². The second-order valence-electron chi connectivity index (χ2n) is 6.47. The average molecular weight is 421 g/mol. The van der Waals surface area contributed by atoms with Gasteiger partial charge in [0, 0.05) is 16.3 Å². The van der Waals surface area contributed by atoms with Crippen molar-refractivity contribution in [3.05, 3.63) is 34.3 Å². The number of fused-ring (bicyclic) bond motifs is 1. The first-order valence-electron chi connectivity index (χ1n) is 8.68. The molecule has 0 atom stereocenters. The molecule has 0 bridgehead atoms. The van der Waals surface area contributed by atoms with Gasteiger partial charge in [-0.05, 0) is 31.0 Å². The third-order valence-corrected chi connectivity index (χ3v) is 6.42. The molecule has 140 valence electrons. The molecule has 0 saturated heterocycles. The maximum absolute atomic E-state index is 12.3. The molecule has 3 aromatic rings. The quantitative estimate of drug-likeness (QED) is 0.625. The SMILES string of the molecule is O=C(Cc1csc(NC(=O)C2CCCC2)n1)Nc1nc2ccc(Cl)cc2s1. The molecule has 6 nitrogen and oxygen atoms in total. The molecule has 4 rings (SSSR count). The Balaban J connectivity index is 1.35. The van der Waals surface area contributed by atoms with E-state index in [1.807, 2.05) is 12.1 Å². The summed E-state index contributed by atoms with van der Waals surface area (Å²) in [6, 6.07) is 5.42. The molecule has 1 fully saturated rings. The molecule has 1 aromatic carbocycles. The van der Waals surface area contributed by atoms with Crippen LogP contribution < -0.4 is 10.6 Å². The summed E-state index contributed by atoms with van der Waals surface area (Å²) in [7, 11) is 0.